The summed E-state index contributed by atoms with van der Waals surface area (Å²) in [6.07, 6.45) is 19.4. The molecule has 0 heterocycles. The van der Waals surface area contributed by atoms with Gasteiger partial charge in [0.05, 0.1) is 6.54 Å². The number of nitrogens with zero attached hydrogens (tertiary/aromatic N) is 1. The Morgan fingerprint density at radius 2 is 0.950 bits per heavy atom. The molecule has 0 bridgehead atoms. The summed E-state index contributed by atoms with van der Waals surface area (Å²) in [4.78, 5) is 13.4. The number of aliphatic hydroxyl groups is 1. The van der Waals surface area contributed by atoms with Crippen LogP contribution in [0.1, 0.15) is 89.9 Å². The average Bonchev–Trinajstić information content (AvgIpc) is 2.47. The average molecular weight is 283 g/mol. The molecule has 0 rings (SSSR count). The number of rotatable bonds is 16. The topological polar surface area (TPSA) is 49.7 Å². The van der Waals surface area contributed by atoms with E-state index in [2.05, 4.69) is 4.99 Å². The van der Waals surface area contributed by atoms with Crippen LogP contribution in [0.3, 0.4) is 0 Å². The number of hydrogen-bond acceptors (Lipinski definition) is 3. The summed E-state index contributed by atoms with van der Waals surface area (Å²) in [6.45, 7) is 1.01. The van der Waals surface area contributed by atoms with Crippen LogP contribution in [0.25, 0.3) is 0 Å². The highest BCUT2D eigenvalue weighted by atomic mass is 16.2. The molecule has 0 radical (unpaired) electrons. The second-order valence-electron chi connectivity index (χ2n) is 5.65. The Balaban J connectivity index is 2.94. The molecule has 3 nitrogen and oxygen atoms in total. The van der Waals surface area contributed by atoms with Crippen LogP contribution in [0.5, 0.6) is 0 Å². The van der Waals surface area contributed by atoms with E-state index in [1.165, 1.54) is 77.0 Å². The molecule has 0 aromatic carbocycles. The highest BCUT2D eigenvalue weighted by Gasteiger charge is 1.94. The van der Waals surface area contributed by atoms with Crippen LogP contribution in [0, 0.1) is 0 Å². The smallest absolute Gasteiger partial charge is 0.234 e. The van der Waals surface area contributed by atoms with Gasteiger partial charge < -0.3 is 5.11 Å². The summed E-state index contributed by atoms with van der Waals surface area (Å²) in [7, 11) is 0. The number of aliphatic hydroxyl groups excluding tert-OH is 1. The van der Waals surface area contributed by atoms with Gasteiger partial charge in [0.1, 0.15) is 0 Å². The predicted molar refractivity (Wildman–Crippen MR) is 84.7 cm³/mol. The quantitative estimate of drug-likeness (QED) is 0.252. The first-order chi connectivity index (χ1) is 9.91. The second-order valence-corrected chi connectivity index (χ2v) is 5.65. The third-order valence-electron chi connectivity index (χ3n) is 3.74. The van der Waals surface area contributed by atoms with Crippen molar-refractivity contribution in [2.75, 3.05) is 13.2 Å². The van der Waals surface area contributed by atoms with E-state index in [0.717, 1.165) is 12.8 Å². The maximum absolute atomic E-state index is 9.85. The molecule has 0 aliphatic heterocycles. The van der Waals surface area contributed by atoms with E-state index in [1.807, 2.05) is 0 Å². The SMILES string of the molecule is O=C=NCCCCCCCCCCCCCCCCO. The van der Waals surface area contributed by atoms with Gasteiger partial charge in [-0.2, -0.15) is 0 Å². The minimum Gasteiger partial charge on any atom is -0.396 e. The fourth-order valence-corrected chi connectivity index (χ4v) is 2.47. The maximum atomic E-state index is 9.85. The molecule has 0 aromatic heterocycles. The Labute approximate surface area is 124 Å². The van der Waals surface area contributed by atoms with E-state index < -0.39 is 0 Å². The van der Waals surface area contributed by atoms with Gasteiger partial charge in [-0.3, -0.25) is 0 Å². The van der Waals surface area contributed by atoms with Gasteiger partial charge in [0, 0.05) is 6.61 Å². The van der Waals surface area contributed by atoms with Gasteiger partial charge in [-0.15, -0.1) is 0 Å². The van der Waals surface area contributed by atoms with Crippen molar-refractivity contribution in [1.29, 1.82) is 0 Å². The molecule has 0 aromatic rings. The molecule has 20 heavy (non-hydrogen) atoms. The Bertz CT molecular complexity index is 225. The molecule has 0 saturated heterocycles. The largest absolute Gasteiger partial charge is 0.396 e. The molecule has 0 saturated carbocycles. The third-order valence-corrected chi connectivity index (χ3v) is 3.74. The van der Waals surface area contributed by atoms with Gasteiger partial charge in [0.25, 0.3) is 0 Å². The fourth-order valence-electron chi connectivity index (χ4n) is 2.47. The van der Waals surface area contributed by atoms with E-state index in [1.54, 1.807) is 6.08 Å². The van der Waals surface area contributed by atoms with Crippen molar-refractivity contribution in [1.82, 2.24) is 0 Å². The van der Waals surface area contributed by atoms with Crippen LogP contribution < -0.4 is 0 Å². The molecular weight excluding hydrogens is 250 g/mol. The minimum atomic E-state index is 0.351. The number of unbranched alkanes of at least 4 members (excludes halogenated alkanes) is 13. The highest BCUT2D eigenvalue weighted by Crippen LogP contribution is 2.12. The monoisotopic (exact) mass is 283 g/mol. The summed E-state index contributed by atoms with van der Waals surface area (Å²) in [5, 5.41) is 8.66. The van der Waals surface area contributed by atoms with Crippen molar-refractivity contribution in [3.05, 3.63) is 0 Å². The summed E-state index contributed by atoms with van der Waals surface area (Å²) >= 11 is 0. The Kier molecular flexibility index (Phi) is 17.7. The lowest BCUT2D eigenvalue weighted by molar-refractivity contribution is 0.282. The zero-order valence-corrected chi connectivity index (χ0v) is 13.1. The van der Waals surface area contributed by atoms with Gasteiger partial charge in [0.2, 0.25) is 6.08 Å². The Morgan fingerprint density at radius 3 is 1.30 bits per heavy atom. The molecular formula is C17H33NO2. The molecule has 1 N–H and O–H groups in total. The summed E-state index contributed by atoms with van der Waals surface area (Å²) in [5.74, 6) is 0. The molecule has 0 atom stereocenters. The van der Waals surface area contributed by atoms with E-state index in [9.17, 15) is 4.79 Å². The molecule has 0 aliphatic rings. The van der Waals surface area contributed by atoms with Gasteiger partial charge in [0.15, 0.2) is 0 Å². The third kappa shape index (κ3) is 17.3. The molecule has 0 aliphatic carbocycles. The van der Waals surface area contributed by atoms with Crippen molar-refractivity contribution in [2.45, 2.75) is 89.9 Å². The highest BCUT2D eigenvalue weighted by molar-refractivity contribution is 5.32. The van der Waals surface area contributed by atoms with Gasteiger partial charge in [-0.25, -0.2) is 9.79 Å². The second kappa shape index (κ2) is 18.3. The van der Waals surface area contributed by atoms with Crippen molar-refractivity contribution in [3.63, 3.8) is 0 Å². The summed E-state index contributed by atoms with van der Waals surface area (Å²) < 4.78 is 0. The Hall–Kier alpha value is -0.660. The normalized spacial score (nSPS) is 10.4. The summed E-state index contributed by atoms with van der Waals surface area (Å²) in [6, 6.07) is 0. The standard InChI is InChI=1S/C17H33NO2/c19-16-14-12-10-8-6-4-2-1-3-5-7-9-11-13-15-18-17-20/h19H,1-16H2. The molecule has 0 amide bonds. The molecule has 0 fully saturated rings. The lowest BCUT2D eigenvalue weighted by Gasteiger charge is -2.02. The van der Waals surface area contributed by atoms with Crippen LogP contribution in [0.15, 0.2) is 4.99 Å². The Morgan fingerprint density at radius 1 is 0.600 bits per heavy atom. The minimum absolute atomic E-state index is 0.351. The zero-order valence-electron chi connectivity index (χ0n) is 13.1. The number of aliphatic imine (C=N–C) groups is 1. The number of hydrogen-bond donors (Lipinski definition) is 1. The zero-order chi connectivity index (χ0) is 14.7. The first-order valence-corrected chi connectivity index (χ1v) is 8.56. The first kappa shape index (κ1) is 19.3. The van der Waals surface area contributed by atoms with Crippen molar-refractivity contribution in [3.8, 4) is 0 Å². The van der Waals surface area contributed by atoms with Gasteiger partial charge >= 0.3 is 0 Å². The van der Waals surface area contributed by atoms with Crippen LogP contribution >= 0.6 is 0 Å². The van der Waals surface area contributed by atoms with Crippen LogP contribution in [0.2, 0.25) is 0 Å². The van der Waals surface area contributed by atoms with Crippen LogP contribution in [-0.2, 0) is 4.79 Å². The van der Waals surface area contributed by atoms with E-state index in [-0.39, 0.29) is 0 Å². The lowest BCUT2D eigenvalue weighted by Crippen LogP contribution is -1.85. The molecule has 118 valence electrons. The van der Waals surface area contributed by atoms with Crippen molar-refractivity contribution in [2.24, 2.45) is 4.99 Å². The summed E-state index contributed by atoms with van der Waals surface area (Å²) in [5.41, 5.74) is 0. The van der Waals surface area contributed by atoms with Gasteiger partial charge in [-0.1, -0.05) is 77.0 Å². The number of carbonyl (C=O) groups excluding carboxylic acids is 1. The fraction of sp³-hybridized carbons (Fsp3) is 0.941. The molecule has 0 unspecified atom stereocenters. The lowest BCUT2D eigenvalue weighted by atomic mass is 10.0. The van der Waals surface area contributed by atoms with E-state index in [4.69, 9.17) is 5.11 Å². The molecule has 3 heteroatoms. The molecule has 0 spiro atoms. The van der Waals surface area contributed by atoms with Crippen LogP contribution in [0.4, 0.5) is 0 Å². The van der Waals surface area contributed by atoms with E-state index >= 15 is 0 Å². The predicted octanol–water partition coefficient (Wildman–Crippen LogP) is 4.78. The van der Waals surface area contributed by atoms with Crippen molar-refractivity contribution < 1.29 is 9.90 Å². The van der Waals surface area contributed by atoms with Crippen LogP contribution in [-0.4, -0.2) is 24.3 Å². The van der Waals surface area contributed by atoms with E-state index in [0.29, 0.717) is 13.2 Å². The van der Waals surface area contributed by atoms with Gasteiger partial charge in [-0.05, 0) is 12.8 Å². The number of isocyanates is 1. The maximum Gasteiger partial charge on any atom is 0.234 e. The van der Waals surface area contributed by atoms with Crippen molar-refractivity contribution >= 4 is 6.08 Å². The first-order valence-electron chi connectivity index (χ1n) is 8.56.